The Bertz CT molecular complexity index is 928. The molecule has 2 atom stereocenters. The maximum Gasteiger partial charge on any atom is 0.190 e. The first-order valence-electron chi connectivity index (χ1n) is 11.6. The maximum absolute atomic E-state index is 14.4. The van der Waals surface area contributed by atoms with Gasteiger partial charge in [0.15, 0.2) is 5.16 Å². The van der Waals surface area contributed by atoms with Crippen molar-refractivity contribution >= 4 is 11.8 Å². The number of rotatable bonds is 7. The molecule has 3 aliphatic rings. The number of thioether (sulfide) groups is 1. The summed E-state index contributed by atoms with van der Waals surface area (Å²) < 4.78 is 22.1. The van der Waals surface area contributed by atoms with Crippen molar-refractivity contribution in [1.82, 2.24) is 19.7 Å². The van der Waals surface area contributed by atoms with Crippen molar-refractivity contribution in [2.45, 2.75) is 56.0 Å². The first kappa shape index (κ1) is 21.4. The Morgan fingerprint density at radius 3 is 2.90 bits per heavy atom. The minimum Gasteiger partial charge on any atom is -0.381 e. The summed E-state index contributed by atoms with van der Waals surface area (Å²) >= 11 is 1.81. The summed E-state index contributed by atoms with van der Waals surface area (Å²) in [6.07, 6.45) is 5.58. The zero-order valence-corrected chi connectivity index (χ0v) is 19.5. The fourth-order valence-corrected chi connectivity index (χ4v) is 6.38. The minimum atomic E-state index is -0.0134. The third kappa shape index (κ3) is 4.41. The molecule has 0 amide bonds. The van der Waals surface area contributed by atoms with E-state index in [1.54, 1.807) is 6.07 Å². The molecule has 0 unspecified atom stereocenters. The van der Waals surface area contributed by atoms with E-state index in [4.69, 9.17) is 4.74 Å². The molecule has 1 spiro atoms. The summed E-state index contributed by atoms with van der Waals surface area (Å²) in [5.74, 6) is 3.04. The maximum atomic E-state index is 14.4. The molecule has 1 aromatic carbocycles. The van der Waals surface area contributed by atoms with Crippen LogP contribution in [0.2, 0.25) is 0 Å². The van der Waals surface area contributed by atoms with Crippen LogP contribution in [0.1, 0.15) is 60.9 Å². The number of aryl methyl sites for hydroxylation is 1. The van der Waals surface area contributed by atoms with Crippen LogP contribution in [0.5, 0.6) is 0 Å². The van der Waals surface area contributed by atoms with Gasteiger partial charge in [-0.2, -0.15) is 0 Å². The van der Waals surface area contributed by atoms with E-state index in [-0.39, 0.29) is 5.82 Å². The molecule has 1 aliphatic carbocycles. The van der Waals surface area contributed by atoms with Gasteiger partial charge in [0, 0.05) is 38.5 Å². The number of hydrogen-bond acceptors (Lipinski definition) is 5. The third-order valence-corrected chi connectivity index (χ3v) is 8.60. The highest BCUT2D eigenvalue weighted by Crippen LogP contribution is 2.64. The zero-order chi connectivity index (χ0) is 21.4. The molecule has 168 valence electrons. The van der Waals surface area contributed by atoms with Gasteiger partial charge in [0.1, 0.15) is 11.6 Å². The molecule has 1 aromatic heterocycles. The molecule has 5 nitrogen and oxygen atoms in total. The number of benzene rings is 1. The van der Waals surface area contributed by atoms with Crippen molar-refractivity contribution in [2.24, 2.45) is 12.5 Å². The number of aromatic nitrogens is 3. The predicted molar refractivity (Wildman–Crippen MR) is 121 cm³/mol. The Morgan fingerprint density at radius 1 is 1.26 bits per heavy atom. The fourth-order valence-electron chi connectivity index (χ4n) is 5.54. The first-order chi connectivity index (χ1) is 15.1. The van der Waals surface area contributed by atoms with Crippen LogP contribution in [0, 0.1) is 18.2 Å². The lowest BCUT2D eigenvalue weighted by atomic mass is 9.97. The lowest BCUT2D eigenvalue weighted by molar-refractivity contribution is 0.0828. The van der Waals surface area contributed by atoms with Crippen molar-refractivity contribution in [1.29, 1.82) is 0 Å². The Hall–Kier alpha value is -1.44. The highest BCUT2D eigenvalue weighted by atomic mass is 32.2. The SMILES string of the molecule is Cc1ccc([C@H]2C[C@]23CCN(CCCSc2nnc(C4CCOCC4)n2C)C3)c(F)c1. The van der Waals surface area contributed by atoms with E-state index in [2.05, 4.69) is 26.7 Å². The topological polar surface area (TPSA) is 43.2 Å². The van der Waals surface area contributed by atoms with Crippen LogP contribution in [-0.2, 0) is 11.8 Å². The van der Waals surface area contributed by atoms with Crippen molar-refractivity contribution in [2.75, 3.05) is 38.6 Å². The third-order valence-electron chi connectivity index (χ3n) is 7.49. The van der Waals surface area contributed by atoms with Gasteiger partial charge in [0.05, 0.1) is 0 Å². The lowest BCUT2D eigenvalue weighted by Gasteiger charge is -2.21. The van der Waals surface area contributed by atoms with Crippen LogP contribution in [0.4, 0.5) is 4.39 Å². The molecule has 0 radical (unpaired) electrons. The Labute approximate surface area is 188 Å². The Balaban J connectivity index is 1.08. The molecule has 0 N–H and O–H groups in total. The number of nitrogens with zero attached hydrogens (tertiary/aromatic N) is 4. The Kier molecular flexibility index (Phi) is 6.10. The van der Waals surface area contributed by atoms with Gasteiger partial charge >= 0.3 is 0 Å². The van der Waals surface area contributed by atoms with Crippen LogP contribution in [0.3, 0.4) is 0 Å². The highest BCUT2D eigenvalue weighted by Gasteiger charge is 2.58. The first-order valence-corrected chi connectivity index (χ1v) is 12.6. The van der Waals surface area contributed by atoms with E-state index in [1.807, 2.05) is 30.8 Å². The van der Waals surface area contributed by atoms with Crippen molar-refractivity contribution < 1.29 is 9.13 Å². The molecule has 5 rings (SSSR count). The van der Waals surface area contributed by atoms with Gasteiger partial charge in [-0.05, 0) is 80.6 Å². The van der Waals surface area contributed by atoms with Crippen molar-refractivity contribution in [3.05, 3.63) is 41.0 Å². The molecule has 2 aromatic rings. The zero-order valence-electron chi connectivity index (χ0n) is 18.6. The quantitative estimate of drug-likeness (QED) is 0.464. The molecule has 2 saturated heterocycles. The van der Waals surface area contributed by atoms with E-state index in [0.717, 1.165) is 86.4 Å². The van der Waals surface area contributed by atoms with Crippen LogP contribution in [0.15, 0.2) is 23.4 Å². The highest BCUT2D eigenvalue weighted by molar-refractivity contribution is 7.99. The largest absolute Gasteiger partial charge is 0.381 e. The van der Waals surface area contributed by atoms with E-state index >= 15 is 0 Å². The second-order valence-electron chi connectivity index (χ2n) is 9.66. The van der Waals surface area contributed by atoms with Gasteiger partial charge in [-0.1, -0.05) is 23.9 Å². The molecular weight excluding hydrogens is 411 g/mol. The summed E-state index contributed by atoms with van der Waals surface area (Å²) in [7, 11) is 2.09. The lowest BCUT2D eigenvalue weighted by Crippen LogP contribution is -2.23. The molecule has 0 bridgehead atoms. The summed E-state index contributed by atoms with van der Waals surface area (Å²) in [6, 6.07) is 5.75. The molecule has 3 heterocycles. The van der Waals surface area contributed by atoms with E-state index in [0.29, 0.717) is 17.3 Å². The van der Waals surface area contributed by atoms with Crippen molar-refractivity contribution in [3.63, 3.8) is 0 Å². The molecule has 1 saturated carbocycles. The smallest absolute Gasteiger partial charge is 0.190 e. The predicted octanol–water partition coefficient (Wildman–Crippen LogP) is 4.52. The van der Waals surface area contributed by atoms with E-state index in [9.17, 15) is 4.39 Å². The van der Waals surface area contributed by atoms with E-state index in [1.165, 1.54) is 6.42 Å². The molecular formula is C24H33FN4OS. The molecule has 3 fully saturated rings. The summed E-state index contributed by atoms with van der Waals surface area (Å²) in [5, 5.41) is 9.93. The second kappa shape index (κ2) is 8.83. The summed E-state index contributed by atoms with van der Waals surface area (Å²) in [5.41, 5.74) is 2.26. The van der Waals surface area contributed by atoms with Crippen LogP contribution < -0.4 is 0 Å². The van der Waals surface area contributed by atoms with Gasteiger partial charge < -0.3 is 14.2 Å². The number of likely N-dealkylation sites (tertiary alicyclic amines) is 1. The van der Waals surface area contributed by atoms with Crippen LogP contribution in [0.25, 0.3) is 0 Å². The van der Waals surface area contributed by atoms with Crippen molar-refractivity contribution in [3.8, 4) is 0 Å². The number of halogens is 1. The second-order valence-corrected chi connectivity index (χ2v) is 10.7. The monoisotopic (exact) mass is 444 g/mol. The van der Waals surface area contributed by atoms with Gasteiger partial charge in [0.25, 0.3) is 0 Å². The van der Waals surface area contributed by atoms with Crippen LogP contribution in [-0.4, -0.2) is 58.3 Å². The van der Waals surface area contributed by atoms with Gasteiger partial charge in [-0.15, -0.1) is 10.2 Å². The Morgan fingerprint density at radius 2 is 2.10 bits per heavy atom. The van der Waals surface area contributed by atoms with Gasteiger partial charge in [0.2, 0.25) is 0 Å². The van der Waals surface area contributed by atoms with Gasteiger partial charge in [-0.25, -0.2) is 4.39 Å². The number of ether oxygens (including phenoxy) is 1. The molecule has 2 aliphatic heterocycles. The normalized spacial score (nSPS) is 26.7. The number of hydrogen-bond donors (Lipinski definition) is 0. The average Bonchev–Trinajstić information content (AvgIpc) is 3.10. The average molecular weight is 445 g/mol. The van der Waals surface area contributed by atoms with E-state index < -0.39 is 0 Å². The summed E-state index contributed by atoms with van der Waals surface area (Å²) in [6.45, 7) is 6.99. The summed E-state index contributed by atoms with van der Waals surface area (Å²) in [4.78, 5) is 2.58. The minimum absolute atomic E-state index is 0.0134. The molecule has 7 heteroatoms. The van der Waals surface area contributed by atoms with Gasteiger partial charge in [-0.3, -0.25) is 0 Å². The fraction of sp³-hybridized carbons (Fsp3) is 0.667. The van der Waals surface area contributed by atoms with Crippen LogP contribution >= 0.6 is 11.8 Å². The standard InChI is InChI=1S/C24H33FN4OS/c1-17-4-5-19(21(25)14-17)20-15-24(20)8-10-29(16-24)9-3-13-31-23-27-26-22(28(23)2)18-6-11-30-12-7-18/h4-5,14,18,20H,3,6-13,15-16H2,1-2H3/t20-,24+/m1/s1. The molecule has 31 heavy (non-hydrogen) atoms.